The van der Waals surface area contributed by atoms with Crippen LogP contribution in [0.1, 0.15) is 19.0 Å². The maximum absolute atomic E-state index is 5.56. The van der Waals surface area contributed by atoms with Gasteiger partial charge in [0.1, 0.15) is 5.82 Å². The topological polar surface area (TPSA) is 54.7 Å². The monoisotopic (exact) mass is 183 g/mol. The van der Waals surface area contributed by atoms with Gasteiger partial charge in [-0.25, -0.2) is 0 Å². The minimum Gasteiger partial charge on any atom is -0.382 e. The van der Waals surface area contributed by atoms with Gasteiger partial charge >= 0.3 is 0 Å². The van der Waals surface area contributed by atoms with Crippen molar-refractivity contribution < 1.29 is 0 Å². The van der Waals surface area contributed by atoms with Crippen molar-refractivity contribution in [3.63, 3.8) is 0 Å². The zero-order valence-corrected chi connectivity index (χ0v) is 7.95. The van der Waals surface area contributed by atoms with E-state index in [-0.39, 0.29) is 5.41 Å². The molecule has 0 radical (unpaired) electrons. The Balaban J connectivity index is 2.28. The summed E-state index contributed by atoms with van der Waals surface area (Å²) >= 11 is 2.00. The van der Waals surface area contributed by atoms with E-state index < -0.39 is 0 Å². The fraction of sp³-hybridized carbons (Fsp3) is 0.625. The van der Waals surface area contributed by atoms with Crippen molar-refractivity contribution in [2.45, 2.75) is 18.8 Å². The summed E-state index contributed by atoms with van der Waals surface area (Å²) in [6.45, 7) is 2.26. The third-order valence-corrected chi connectivity index (χ3v) is 3.80. The van der Waals surface area contributed by atoms with Gasteiger partial charge in [0.15, 0.2) is 0 Å². The molecule has 0 spiro atoms. The Morgan fingerprint density at radius 1 is 1.75 bits per heavy atom. The molecule has 0 aromatic carbocycles. The van der Waals surface area contributed by atoms with Crippen molar-refractivity contribution >= 4 is 17.6 Å². The maximum Gasteiger partial charge on any atom is 0.145 e. The number of nitrogen functional groups attached to an aromatic ring is 1. The third-order valence-electron chi connectivity index (χ3n) is 2.47. The lowest BCUT2D eigenvalue weighted by Gasteiger charge is -2.19. The minimum atomic E-state index is 0.273. The predicted molar refractivity (Wildman–Crippen MR) is 52.3 cm³/mol. The molecule has 1 saturated heterocycles. The lowest BCUT2D eigenvalue weighted by atomic mass is 9.87. The average Bonchev–Trinajstić information content (AvgIpc) is 2.59. The highest BCUT2D eigenvalue weighted by atomic mass is 32.2. The normalized spacial score (nSPS) is 29.4. The number of nitrogens with two attached hydrogens (primary N) is 1. The summed E-state index contributed by atoms with van der Waals surface area (Å²) in [5.41, 5.74) is 7.01. The van der Waals surface area contributed by atoms with Crippen LogP contribution in [0.5, 0.6) is 0 Å². The minimum absolute atomic E-state index is 0.273. The van der Waals surface area contributed by atoms with Gasteiger partial charge in [-0.15, -0.1) is 0 Å². The van der Waals surface area contributed by atoms with Gasteiger partial charge in [-0.2, -0.15) is 16.9 Å². The van der Waals surface area contributed by atoms with E-state index in [1.807, 2.05) is 17.8 Å². The van der Waals surface area contributed by atoms with Crippen LogP contribution in [0.4, 0.5) is 5.82 Å². The van der Waals surface area contributed by atoms with Crippen LogP contribution < -0.4 is 5.73 Å². The van der Waals surface area contributed by atoms with Gasteiger partial charge in [-0.1, -0.05) is 6.92 Å². The van der Waals surface area contributed by atoms with E-state index in [1.54, 1.807) is 0 Å². The molecule has 3 N–H and O–H groups in total. The van der Waals surface area contributed by atoms with Crippen molar-refractivity contribution in [3.8, 4) is 0 Å². The van der Waals surface area contributed by atoms with Crippen LogP contribution in [-0.4, -0.2) is 21.7 Å². The van der Waals surface area contributed by atoms with Crippen LogP contribution in [0.15, 0.2) is 6.07 Å². The molecule has 0 amide bonds. The first-order chi connectivity index (χ1) is 5.71. The van der Waals surface area contributed by atoms with Gasteiger partial charge in [0.2, 0.25) is 0 Å². The third kappa shape index (κ3) is 1.20. The number of hydrogen-bond acceptors (Lipinski definition) is 3. The smallest absolute Gasteiger partial charge is 0.145 e. The summed E-state index contributed by atoms with van der Waals surface area (Å²) < 4.78 is 0. The van der Waals surface area contributed by atoms with Crippen LogP contribution >= 0.6 is 11.8 Å². The Morgan fingerprint density at radius 2 is 2.58 bits per heavy atom. The van der Waals surface area contributed by atoms with Crippen LogP contribution in [0, 0.1) is 0 Å². The molecular formula is C8H13N3S. The van der Waals surface area contributed by atoms with E-state index in [9.17, 15) is 0 Å². The number of aromatic nitrogens is 2. The first kappa shape index (κ1) is 7.98. The number of hydrogen-bond donors (Lipinski definition) is 2. The number of H-pyrrole nitrogens is 1. The number of nitrogens with one attached hydrogen (secondary N) is 1. The molecule has 0 bridgehead atoms. The van der Waals surface area contributed by atoms with Crippen molar-refractivity contribution in [1.29, 1.82) is 0 Å². The van der Waals surface area contributed by atoms with Gasteiger partial charge < -0.3 is 5.73 Å². The zero-order valence-electron chi connectivity index (χ0n) is 7.13. The molecule has 1 aromatic rings. The van der Waals surface area contributed by atoms with Crippen molar-refractivity contribution in [3.05, 3.63) is 11.8 Å². The number of nitrogens with zero attached hydrogens (tertiary/aromatic N) is 1. The van der Waals surface area contributed by atoms with E-state index in [4.69, 9.17) is 5.73 Å². The van der Waals surface area contributed by atoms with Crippen LogP contribution in [0.25, 0.3) is 0 Å². The highest BCUT2D eigenvalue weighted by molar-refractivity contribution is 7.99. The molecule has 1 aliphatic rings. The standard InChI is InChI=1S/C8H13N3S/c1-8(2-3-12-5-8)6-4-7(9)11-10-6/h4H,2-3,5H2,1H3,(H3,9,10,11). The second-order valence-corrected chi connectivity index (χ2v) is 4.67. The predicted octanol–water partition coefficient (Wildman–Crippen LogP) is 1.39. The summed E-state index contributed by atoms with van der Waals surface area (Å²) in [7, 11) is 0. The molecule has 12 heavy (non-hydrogen) atoms. The van der Waals surface area contributed by atoms with Gasteiger partial charge in [0.05, 0.1) is 0 Å². The van der Waals surface area contributed by atoms with E-state index >= 15 is 0 Å². The highest BCUT2D eigenvalue weighted by Crippen LogP contribution is 2.37. The van der Waals surface area contributed by atoms with Crippen molar-refractivity contribution in [2.75, 3.05) is 17.2 Å². The fourth-order valence-electron chi connectivity index (χ4n) is 1.53. The van der Waals surface area contributed by atoms with Gasteiger partial charge in [0, 0.05) is 22.9 Å². The molecule has 1 aromatic heterocycles. The zero-order chi connectivity index (χ0) is 8.60. The average molecular weight is 183 g/mol. The maximum atomic E-state index is 5.56. The number of thioether (sulfide) groups is 1. The lowest BCUT2D eigenvalue weighted by molar-refractivity contribution is 0.522. The van der Waals surface area contributed by atoms with E-state index in [0.717, 1.165) is 0 Å². The Morgan fingerprint density at radius 3 is 3.08 bits per heavy atom. The fourth-order valence-corrected chi connectivity index (χ4v) is 3.02. The summed E-state index contributed by atoms with van der Waals surface area (Å²) in [5, 5.41) is 6.95. The largest absolute Gasteiger partial charge is 0.382 e. The molecule has 4 heteroatoms. The molecular weight excluding hydrogens is 170 g/mol. The van der Waals surface area contributed by atoms with Gasteiger partial charge in [0.25, 0.3) is 0 Å². The summed E-state index contributed by atoms with van der Waals surface area (Å²) in [4.78, 5) is 0. The molecule has 3 nitrogen and oxygen atoms in total. The molecule has 1 aliphatic heterocycles. The molecule has 1 atom stereocenters. The number of aromatic amines is 1. The van der Waals surface area contributed by atoms with E-state index in [1.165, 1.54) is 23.6 Å². The SMILES string of the molecule is CC1(c2cc(N)n[nH]2)CCSC1. The second-order valence-electron chi connectivity index (χ2n) is 3.57. The summed E-state index contributed by atoms with van der Waals surface area (Å²) in [6, 6.07) is 1.95. The van der Waals surface area contributed by atoms with Crippen LogP contribution in [-0.2, 0) is 5.41 Å². The van der Waals surface area contributed by atoms with E-state index in [0.29, 0.717) is 5.82 Å². The molecule has 1 fully saturated rings. The Labute approximate surface area is 76.1 Å². The molecule has 66 valence electrons. The summed E-state index contributed by atoms with van der Waals surface area (Å²) in [6.07, 6.45) is 1.22. The van der Waals surface area contributed by atoms with Crippen molar-refractivity contribution in [1.82, 2.24) is 10.2 Å². The molecule has 1 unspecified atom stereocenters. The van der Waals surface area contributed by atoms with Crippen LogP contribution in [0.2, 0.25) is 0 Å². The quantitative estimate of drug-likeness (QED) is 0.691. The summed E-state index contributed by atoms with van der Waals surface area (Å²) in [5.74, 6) is 3.02. The molecule has 2 rings (SSSR count). The Bertz CT molecular complexity index is 276. The second kappa shape index (κ2) is 2.69. The molecule has 2 heterocycles. The Hall–Kier alpha value is -0.640. The molecule has 0 saturated carbocycles. The van der Waals surface area contributed by atoms with Crippen molar-refractivity contribution in [2.24, 2.45) is 0 Å². The number of rotatable bonds is 1. The first-order valence-corrected chi connectivity index (χ1v) is 5.25. The van der Waals surface area contributed by atoms with Gasteiger partial charge in [-0.05, 0) is 12.2 Å². The van der Waals surface area contributed by atoms with E-state index in [2.05, 4.69) is 17.1 Å². The van der Waals surface area contributed by atoms with Crippen LogP contribution in [0.3, 0.4) is 0 Å². The number of anilines is 1. The molecule has 0 aliphatic carbocycles. The highest BCUT2D eigenvalue weighted by Gasteiger charge is 2.32. The Kier molecular flexibility index (Phi) is 1.79. The lowest BCUT2D eigenvalue weighted by Crippen LogP contribution is -2.21. The first-order valence-electron chi connectivity index (χ1n) is 4.10. The van der Waals surface area contributed by atoms with Gasteiger partial charge in [-0.3, -0.25) is 5.10 Å².